The Balaban J connectivity index is 0.00000192. The van der Waals surface area contributed by atoms with Crippen molar-refractivity contribution in [1.82, 2.24) is 15.1 Å². The second kappa shape index (κ2) is 13.4. The van der Waals surface area contributed by atoms with Gasteiger partial charge in [0.15, 0.2) is 0 Å². The van der Waals surface area contributed by atoms with Crippen molar-refractivity contribution in [2.45, 2.75) is 73.4 Å². The van der Waals surface area contributed by atoms with Gasteiger partial charge in [-0.25, -0.2) is 4.79 Å². The summed E-state index contributed by atoms with van der Waals surface area (Å²) < 4.78 is 0. The van der Waals surface area contributed by atoms with Gasteiger partial charge in [0.25, 0.3) is 0 Å². The third-order valence-corrected chi connectivity index (χ3v) is 5.15. The van der Waals surface area contributed by atoms with Crippen LogP contribution in [0.5, 0.6) is 0 Å². The Labute approximate surface area is 182 Å². The van der Waals surface area contributed by atoms with E-state index in [-0.39, 0.29) is 47.9 Å². The molecule has 1 heterocycles. The van der Waals surface area contributed by atoms with E-state index in [0.29, 0.717) is 0 Å². The van der Waals surface area contributed by atoms with E-state index >= 15 is 0 Å². The molecule has 0 radical (unpaired) electrons. The molecule has 1 fully saturated rings. The molecule has 1 aliphatic heterocycles. The maximum absolute atomic E-state index is 12.5. The Morgan fingerprint density at radius 1 is 1.20 bits per heavy atom. The van der Waals surface area contributed by atoms with Crippen molar-refractivity contribution in [1.29, 1.82) is 0 Å². The molecule has 0 aliphatic carbocycles. The molecule has 30 heavy (non-hydrogen) atoms. The highest BCUT2D eigenvalue weighted by molar-refractivity contribution is 5.88. The minimum Gasteiger partial charge on any atom is -0.478 e. The molecule has 0 aromatic carbocycles. The van der Waals surface area contributed by atoms with E-state index in [1.807, 2.05) is 25.8 Å². The van der Waals surface area contributed by atoms with Crippen molar-refractivity contribution in [2.24, 2.45) is 17.8 Å². The van der Waals surface area contributed by atoms with Gasteiger partial charge in [0.05, 0.1) is 18.6 Å². The minimum absolute atomic E-state index is 0.0541. The van der Waals surface area contributed by atoms with Crippen LogP contribution in [0.3, 0.4) is 0 Å². The lowest BCUT2D eigenvalue weighted by Crippen LogP contribution is -2.53. The van der Waals surface area contributed by atoms with Gasteiger partial charge in [-0.3, -0.25) is 14.5 Å². The van der Waals surface area contributed by atoms with Crippen LogP contribution in [0.1, 0.15) is 61.3 Å². The van der Waals surface area contributed by atoms with Crippen molar-refractivity contribution in [2.75, 3.05) is 27.2 Å². The number of nitrogens with one attached hydrogen (secondary N) is 1. The quantitative estimate of drug-likeness (QED) is 0.612. The molecule has 2 N–H and O–H groups in total. The molecule has 0 bridgehead atoms. The molecule has 7 nitrogen and oxygen atoms in total. The average Bonchev–Trinajstić information content (AvgIpc) is 2.62. The topological polar surface area (TPSA) is 90.0 Å². The van der Waals surface area contributed by atoms with Gasteiger partial charge in [-0.1, -0.05) is 47.6 Å². The summed E-state index contributed by atoms with van der Waals surface area (Å²) in [7, 11) is 3.57. The van der Waals surface area contributed by atoms with Gasteiger partial charge in [0, 0.05) is 12.6 Å². The van der Waals surface area contributed by atoms with E-state index in [1.54, 1.807) is 13.1 Å². The first kappa shape index (κ1) is 28.1. The van der Waals surface area contributed by atoms with E-state index in [1.165, 1.54) is 11.8 Å². The zero-order chi connectivity index (χ0) is 23.6. The number of piperidine rings is 1. The first-order valence-corrected chi connectivity index (χ1v) is 10.9. The predicted octanol–water partition coefficient (Wildman–Crippen LogP) is 3.01. The number of hydrogen-bond donors (Lipinski definition) is 2. The number of likely N-dealkylation sites (N-methyl/N-ethyl adjacent to an activating group) is 2. The number of carboxylic acid groups (broad SMARTS) is 1. The van der Waals surface area contributed by atoms with E-state index in [0.717, 1.165) is 25.3 Å². The Kier molecular flexibility index (Phi) is 12.6. The SMILES string of the molecule is C/C(=C\[C@H](C(C)C)N(C)C(=O)CNC(=O)C1C(C)CCCN1C)C(=O)O.CC(C)C. The number of carbonyl (C=O) groups is 3. The largest absolute Gasteiger partial charge is 0.478 e. The number of aliphatic carboxylic acids is 1. The number of carboxylic acids is 1. The first-order chi connectivity index (χ1) is 13.8. The second-order valence-corrected chi connectivity index (χ2v) is 9.39. The summed E-state index contributed by atoms with van der Waals surface area (Å²) in [6, 6.07) is -0.552. The number of carbonyl (C=O) groups excluding carboxylic acids is 2. The van der Waals surface area contributed by atoms with Crippen LogP contribution in [0.2, 0.25) is 0 Å². The highest BCUT2D eigenvalue weighted by Crippen LogP contribution is 2.22. The highest BCUT2D eigenvalue weighted by atomic mass is 16.4. The van der Waals surface area contributed by atoms with Gasteiger partial charge in [-0.2, -0.15) is 0 Å². The number of likely N-dealkylation sites (tertiary alicyclic amines) is 1. The highest BCUT2D eigenvalue weighted by Gasteiger charge is 2.32. The molecule has 7 heteroatoms. The smallest absolute Gasteiger partial charge is 0.331 e. The number of hydrogen-bond acceptors (Lipinski definition) is 4. The van der Waals surface area contributed by atoms with Crippen molar-refractivity contribution >= 4 is 17.8 Å². The summed E-state index contributed by atoms with van der Waals surface area (Å²) in [5, 5.41) is 11.8. The first-order valence-electron chi connectivity index (χ1n) is 10.9. The molecule has 1 saturated heterocycles. The zero-order valence-corrected chi connectivity index (χ0v) is 20.4. The molecule has 1 rings (SSSR count). The fourth-order valence-corrected chi connectivity index (χ4v) is 3.49. The molecular weight excluding hydrogens is 382 g/mol. The fraction of sp³-hybridized carbons (Fsp3) is 0.783. The molecule has 0 aromatic heterocycles. The van der Waals surface area contributed by atoms with Crippen LogP contribution in [-0.4, -0.2) is 72.0 Å². The minimum atomic E-state index is -1.00. The van der Waals surface area contributed by atoms with Gasteiger partial charge in [-0.15, -0.1) is 0 Å². The van der Waals surface area contributed by atoms with Gasteiger partial charge < -0.3 is 15.3 Å². The van der Waals surface area contributed by atoms with Crippen molar-refractivity contribution in [3.63, 3.8) is 0 Å². The van der Waals surface area contributed by atoms with Crippen LogP contribution in [0.4, 0.5) is 0 Å². The summed E-state index contributed by atoms with van der Waals surface area (Å²) in [6.45, 7) is 14.7. The standard InChI is InChI=1S/C19H33N3O4.C4H10/c1-12(2)15(10-14(4)19(25)26)22(6)16(23)11-20-18(24)17-13(3)8-7-9-21(17)5;1-4(2)3/h10,12-13,15,17H,7-9,11H2,1-6H3,(H,20,24)(H,25,26);4H,1-3H3/b14-10+;/t13?,15-,17?;/m1./s1. The molecule has 0 saturated carbocycles. The van der Waals surface area contributed by atoms with Crippen LogP contribution < -0.4 is 5.32 Å². The van der Waals surface area contributed by atoms with Crippen LogP contribution in [0.15, 0.2) is 11.6 Å². The molecule has 0 aromatic rings. The van der Waals surface area contributed by atoms with Crippen LogP contribution in [0.25, 0.3) is 0 Å². The van der Waals surface area contributed by atoms with Crippen LogP contribution >= 0.6 is 0 Å². The fourth-order valence-electron chi connectivity index (χ4n) is 3.49. The van der Waals surface area contributed by atoms with E-state index in [4.69, 9.17) is 5.11 Å². The van der Waals surface area contributed by atoms with E-state index in [2.05, 4.69) is 33.0 Å². The maximum atomic E-state index is 12.5. The molecule has 0 spiro atoms. The lowest BCUT2D eigenvalue weighted by molar-refractivity contribution is -0.136. The third kappa shape index (κ3) is 9.74. The third-order valence-electron chi connectivity index (χ3n) is 5.15. The molecule has 3 atom stereocenters. The number of nitrogens with zero attached hydrogens (tertiary/aromatic N) is 2. The normalized spacial score (nSPS) is 21.0. The average molecular weight is 426 g/mol. The van der Waals surface area contributed by atoms with Gasteiger partial charge in [0.2, 0.25) is 11.8 Å². The summed E-state index contributed by atoms with van der Waals surface area (Å²) >= 11 is 0. The van der Waals surface area contributed by atoms with Crippen molar-refractivity contribution in [3.8, 4) is 0 Å². The second-order valence-electron chi connectivity index (χ2n) is 9.39. The van der Waals surface area contributed by atoms with Crippen molar-refractivity contribution in [3.05, 3.63) is 11.6 Å². The number of amides is 2. The molecule has 2 unspecified atom stereocenters. The molecule has 174 valence electrons. The van der Waals surface area contributed by atoms with Gasteiger partial charge >= 0.3 is 5.97 Å². The van der Waals surface area contributed by atoms with E-state index < -0.39 is 5.97 Å². The maximum Gasteiger partial charge on any atom is 0.331 e. The summed E-state index contributed by atoms with van der Waals surface area (Å²) in [6.07, 6.45) is 3.67. The Morgan fingerprint density at radius 2 is 1.73 bits per heavy atom. The molecule has 1 aliphatic rings. The Bertz CT molecular complexity index is 589. The van der Waals surface area contributed by atoms with E-state index in [9.17, 15) is 14.4 Å². The van der Waals surface area contributed by atoms with Crippen LogP contribution in [-0.2, 0) is 14.4 Å². The monoisotopic (exact) mass is 425 g/mol. The Hall–Kier alpha value is -1.89. The lowest BCUT2D eigenvalue weighted by Gasteiger charge is -2.36. The predicted molar refractivity (Wildman–Crippen MR) is 121 cm³/mol. The Morgan fingerprint density at radius 3 is 2.17 bits per heavy atom. The summed E-state index contributed by atoms with van der Waals surface area (Å²) in [4.78, 5) is 39.6. The summed E-state index contributed by atoms with van der Waals surface area (Å²) in [5.41, 5.74) is 0.199. The number of rotatable bonds is 7. The van der Waals surface area contributed by atoms with Gasteiger partial charge in [0.1, 0.15) is 0 Å². The van der Waals surface area contributed by atoms with Gasteiger partial charge in [-0.05, 0) is 51.1 Å². The van der Waals surface area contributed by atoms with Crippen molar-refractivity contribution < 1.29 is 19.5 Å². The zero-order valence-electron chi connectivity index (χ0n) is 20.4. The molecule has 2 amide bonds. The summed E-state index contributed by atoms with van der Waals surface area (Å²) in [5.74, 6) is -0.221. The van der Waals surface area contributed by atoms with Crippen LogP contribution in [0, 0.1) is 17.8 Å². The lowest BCUT2D eigenvalue weighted by atomic mass is 9.90. The molecular formula is C23H43N3O4.